The number of nitrogens with zero attached hydrogens (tertiary/aromatic N) is 3. The van der Waals surface area contributed by atoms with Gasteiger partial charge in [0.05, 0.1) is 12.6 Å². The van der Waals surface area contributed by atoms with Crippen molar-refractivity contribution in [3.05, 3.63) is 12.2 Å². The lowest BCUT2D eigenvalue weighted by Crippen LogP contribution is -2.47. The lowest BCUT2D eigenvalue weighted by Gasteiger charge is -2.39. The topological polar surface area (TPSA) is 94.5 Å². The van der Waals surface area contributed by atoms with Gasteiger partial charge in [-0.05, 0) is 18.8 Å². The van der Waals surface area contributed by atoms with Crippen LogP contribution in [0, 0.1) is 22.7 Å². The number of amides is 1. The summed E-state index contributed by atoms with van der Waals surface area (Å²) in [6, 6.07) is 2.12. The van der Waals surface area contributed by atoms with Crippen LogP contribution in [-0.4, -0.2) is 21.1 Å². The number of carbonyl (C=O) groups is 1. The first-order valence-electron chi connectivity index (χ1n) is 5.20. The van der Waals surface area contributed by atoms with Gasteiger partial charge in [0.15, 0.2) is 0 Å². The lowest BCUT2D eigenvalue weighted by molar-refractivity contribution is -0.134. The molecular formula is C10H13N5O. The number of hydrogen-bond donors (Lipinski definition) is 2. The van der Waals surface area contributed by atoms with Crippen molar-refractivity contribution in [1.82, 2.24) is 20.5 Å². The van der Waals surface area contributed by atoms with Crippen molar-refractivity contribution in [1.29, 1.82) is 5.26 Å². The average Bonchev–Trinajstić information content (AvgIpc) is 2.73. The maximum absolute atomic E-state index is 11.8. The number of nitriles is 1. The van der Waals surface area contributed by atoms with E-state index < -0.39 is 5.41 Å². The molecular weight excluding hydrogens is 206 g/mol. The van der Waals surface area contributed by atoms with Crippen LogP contribution in [0.5, 0.6) is 0 Å². The van der Waals surface area contributed by atoms with E-state index >= 15 is 0 Å². The number of H-pyrrole nitrogens is 1. The molecule has 0 saturated heterocycles. The molecule has 0 aliphatic heterocycles. The first-order valence-corrected chi connectivity index (χ1v) is 5.20. The smallest absolute Gasteiger partial charge is 0.240 e. The molecule has 0 unspecified atom stereocenters. The summed E-state index contributed by atoms with van der Waals surface area (Å²) in [7, 11) is 0. The van der Waals surface area contributed by atoms with Crippen LogP contribution in [0.4, 0.5) is 0 Å². The first-order chi connectivity index (χ1) is 7.66. The predicted molar refractivity (Wildman–Crippen MR) is 54.7 cm³/mol. The van der Waals surface area contributed by atoms with E-state index in [1.54, 1.807) is 0 Å². The summed E-state index contributed by atoms with van der Waals surface area (Å²) >= 11 is 0. The third-order valence-corrected chi connectivity index (χ3v) is 2.92. The van der Waals surface area contributed by atoms with Crippen LogP contribution < -0.4 is 5.32 Å². The largest absolute Gasteiger partial charge is 0.347 e. The number of aromatic nitrogens is 3. The summed E-state index contributed by atoms with van der Waals surface area (Å²) in [6.45, 7) is 2.33. The average molecular weight is 219 g/mol. The maximum atomic E-state index is 11.8. The molecule has 84 valence electrons. The minimum absolute atomic E-state index is 0.204. The summed E-state index contributed by atoms with van der Waals surface area (Å²) in [5.41, 5.74) is -0.820. The summed E-state index contributed by atoms with van der Waals surface area (Å²) in [4.78, 5) is 15.7. The molecule has 0 atom stereocenters. The number of aromatic amines is 1. The number of rotatable bonds is 3. The van der Waals surface area contributed by atoms with Crippen molar-refractivity contribution in [2.24, 2.45) is 11.3 Å². The van der Waals surface area contributed by atoms with E-state index in [1.807, 2.05) is 6.92 Å². The van der Waals surface area contributed by atoms with Gasteiger partial charge in [-0.2, -0.15) is 10.4 Å². The molecule has 1 aliphatic carbocycles. The molecule has 6 nitrogen and oxygen atoms in total. The molecule has 0 radical (unpaired) electrons. The normalized spacial score (nSPS) is 27.9. The minimum atomic E-state index is -0.820. The summed E-state index contributed by atoms with van der Waals surface area (Å²) in [5, 5.41) is 18.1. The molecule has 0 bridgehead atoms. The Morgan fingerprint density at radius 1 is 1.81 bits per heavy atom. The Morgan fingerprint density at radius 2 is 2.56 bits per heavy atom. The Bertz CT molecular complexity index is 413. The van der Waals surface area contributed by atoms with Crippen LogP contribution in [-0.2, 0) is 11.3 Å². The van der Waals surface area contributed by atoms with Gasteiger partial charge in [-0.15, -0.1) is 0 Å². The Kier molecular flexibility index (Phi) is 2.60. The molecule has 0 spiro atoms. The van der Waals surface area contributed by atoms with E-state index in [0.29, 0.717) is 24.6 Å². The molecule has 1 saturated carbocycles. The Morgan fingerprint density at radius 3 is 3.06 bits per heavy atom. The van der Waals surface area contributed by atoms with Crippen LogP contribution in [0.1, 0.15) is 25.6 Å². The van der Waals surface area contributed by atoms with Crippen molar-refractivity contribution in [3.63, 3.8) is 0 Å². The SMILES string of the molecule is CC1CC(C#N)(C(=O)NCc2ncn[nH]2)C1. The second-order valence-electron chi connectivity index (χ2n) is 4.32. The van der Waals surface area contributed by atoms with E-state index in [9.17, 15) is 4.79 Å². The number of nitrogens with one attached hydrogen (secondary N) is 2. The molecule has 2 rings (SSSR count). The molecule has 1 aromatic rings. The molecule has 1 amide bonds. The van der Waals surface area contributed by atoms with Gasteiger partial charge >= 0.3 is 0 Å². The van der Waals surface area contributed by atoms with Gasteiger partial charge < -0.3 is 5.32 Å². The van der Waals surface area contributed by atoms with Crippen LogP contribution in [0.3, 0.4) is 0 Å². The van der Waals surface area contributed by atoms with Gasteiger partial charge in [0.25, 0.3) is 0 Å². The molecule has 6 heteroatoms. The van der Waals surface area contributed by atoms with Gasteiger partial charge in [-0.25, -0.2) is 4.98 Å². The Balaban J connectivity index is 1.91. The third-order valence-electron chi connectivity index (χ3n) is 2.92. The second kappa shape index (κ2) is 3.93. The molecule has 1 aliphatic rings. The minimum Gasteiger partial charge on any atom is -0.347 e. The van der Waals surface area contributed by atoms with Gasteiger partial charge in [0.1, 0.15) is 17.6 Å². The van der Waals surface area contributed by atoms with E-state index in [-0.39, 0.29) is 12.5 Å². The third kappa shape index (κ3) is 1.76. The zero-order valence-corrected chi connectivity index (χ0v) is 9.03. The zero-order valence-electron chi connectivity index (χ0n) is 9.03. The summed E-state index contributed by atoms with van der Waals surface area (Å²) in [6.07, 6.45) is 2.67. The first kappa shape index (κ1) is 10.6. The number of hydrogen-bond acceptors (Lipinski definition) is 4. The van der Waals surface area contributed by atoms with Crippen LogP contribution in [0.15, 0.2) is 6.33 Å². The molecule has 0 aromatic carbocycles. The highest BCUT2D eigenvalue weighted by molar-refractivity contribution is 5.86. The highest BCUT2D eigenvalue weighted by atomic mass is 16.2. The van der Waals surface area contributed by atoms with Crippen LogP contribution in [0.2, 0.25) is 0 Å². The van der Waals surface area contributed by atoms with Crippen molar-refractivity contribution in [2.75, 3.05) is 0 Å². The fourth-order valence-electron chi connectivity index (χ4n) is 2.11. The van der Waals surface area contributed by atoms with E-state index in [4.69, 9.17) is 5.26 Å². The lowest BCUT2D eigenvalue weighted by atomic mass is 9.63. The summed E-state index contributed by atoms with van der Waals surface area (Å²) < 4.78 is 0. The maximum Gasteiger partial charge on any atom is 0.240 e. The summed E-state index contributed by atoms with van der Waals surface area (Å²) in [5.74, 6) is 0.842. The van der Waals surface area contributed by atoms with Crippen LogP contribution >= 0.6 is 0 Å². The molecule has 1 heterocycles. The Hall–Kier alpha value is -1.90. The van der Waals surface area contributed by atoms with Crippen molar-refractivity contribution < 1.29 is 4.79 Å². The van der Waals surface area contributed by atoms with Gasteiger partial charge in [-0.1, -0.05) is 6.92 Å². The van der Waals surface area contributed by atoms with E-state index in [0.717, 1.165) is 0 Å². The quantitative estimate of drug-likeness (QED) is 0.767. The molecule has 2 N–H and O–H groups in total. The van der Waals surface area contributed by atoms with E-state index in [2.05, 4.69) is 26.6 Å². The fourth-order valence-corrected chi connectivity index (χ4v) is 2.11. The fraction of sp³-hybridized carbons (Fsp3) is 0.600. The zero-order chi connectivity index (χ0) is 11.6. The van der Waals surface area contributed by atoms with E-state index in [1.165, 1.54) is 6.33 Å². The van der Waals surface area contributed by atoms with Gasteiger partial charge in [0.2, 0.25) is 5.91 Å². The standard InChI is InChI=1S/C10H13N5O/c1-7-2-10(3-7,5-11)9(16)12-4-8-13-6-14-15-8/h6-7H,2-4H2,1H3,(H,12,16)(H,13,14,15). The number of carbonyl (C=O) groups excluding carboxylic acids is 1. The van der Waals surface area contributed by atoms with Gasteiger partial charge in [0, 0.05) is 0 Å². The molecule has 1 fully saturated rings. The molecule has 1 aromatic heterocycles. The Labute approximate surface area is 93.1 Å². The predicted octanol–water partition coefficient (Wildman–Crippen LogP) is 0.361. The monoisotopic (exact) mass is 219 g/mol. The highest BCUT2D eigenvalue weighted by Gasteiger charge is 2.48. The highest BCUT2D eigenvalue weighted by Crippen LogP contribution is 2.44. The van der Waals surface area contributed by atoms with Crippen molar-refractivity contribution >= 4 is 5.91 Å². The second-order valence-corrected chi connectivity index (χ2v) is 4.32. The van der Waals surface area contributed by atoms with Crippen molar-refractivity contribution in [2.45, 2.75) is 26.3 Å². The van der Waals surface area contributed by atoms with Crippen LogP contribution in [0.25, 0.3) is 0 Å². The van der Waals surface area contributed by atoms with Crippen molar-refractivity contribution in [3.8, 4) is 6.07 Å². The molecule has 16 heavy (non-hydrogen) atoms. The van der Waals surface area contributed by atoms with Gasteiger partial charge in [-0.3, -0.25) is 9.89 Å².